The van der Waals surface area contributed by atoms with Gasteiger partial charge in [-0.1, -0.05) is 0 Å². The minimum Gasteiger partial charge on any atom is -0.477 e. The summed E-state index contributed by atoms with van der Waals surface area (Å²) in [5, 5.41) is 16.7. The largest absolute Gasteiger partial charge is 0.477 e. The number of nitrogens with two attached hydrogens (primary N) is 1. The summed E-state index contributed by atoms with van der Waals surface area (Å²) >= 11 is 0. The molecule has 2 aromatic rings. The summed E-state index contributed by atoms with van der Waals surface area (Å²) in [4.78, 5) is 37.6. The molecule has 0 aliphatic rings. The molecule has 0 saturated carbocycles. The third-order valence-electron chi connectivity index (χ3n) is 3.70. The smallest absolute Gasteiger partial charge is 0.416 e. The molecule has 1 aromatic carbocycles. The topological polar surface area (TPSA) is 149 Å². The number of carboxylic acids is 1. The van der Waals surface area contributed by atoms with Gasteiger partial charge in [0.15, 0.2) is 0 Å². The Kier molecular flexibility index (Phi) is 8.57. The summed E-state index contributed by atoms with van der Waals surface area (Å²) in [6.07, 6.45) is -11.1. The number of aryl methyl sites for hydroxylation is 1. The third-order valence-corrected chi connectivity index (χ3v) is 3.70. The number of hydrogen-bond acceptors (Lipinski definition) is 5. The minimum absolute atomic E-state index is 0.0427. The van der Waals surface area contributed by atoms with Crippen LogP contribution in [0.25, 0.3) is 0 Å². The second-order valence-corrected chi connectivity index (χ2v) is 5.99. The predicted molar refractivity (Wildman–Crippen MR) is 94.6 cm³/mol. The van der Waals surface area contributed by atoms with Gasteiger partial charge in [0.05, 0.1) is 17.7 Å². The quantitative estimate of drug-likeness (QED) is 0.430. The van der Waals surface area contributed by atoms with E-state index < -0.39 is 70.4 Å². The van der Waals surface area contributed by atoms with Gasteiger partial charge in [0.1, 0.15) is 5.69 Å². The first-order chi connectivity index (χ1) is 14.2. The van der Waals surface area contributed by atoms with Crippen molar-refractivity contribution in [1.29, 1.82) is 0 Å². The van der Waals surface area contributed by atoms with Crippen molar-refractivity contribution in [2.45, 2.75) is 25.2 Å². The number of benzene rings is 1. The van der Waals surface area contributed by atoms with Gasteiger partial charge in [0, 0.05) is 12.1 Å². The highest BCUT2D eigenvalue weighted by Crippen LogP contribution is 2.36. The zero-order valence-corrected chi connectivity index (χ0v) is 15.5. The highest BCUT2D eigenvalue weighted by Gasteiger charge is 2.36. The second-order valence-electron chi connectivity index (χ2n) is 5.99. The Morgan fingerprint density at radius 2 is 1.42 bits per heavy atom. The Hall–Kier alpha value is -3.13. The Morgan fingerprint density at radius 3 is 1.81 bits per heavy atom. The van der Waals surface area contributed by atoms with Gasteiger partial charge in [-0.2, -0.15) is 26.3 Å². The van der Waals surface area contributed by atoms with Gasteiger partial charge in [0.25, 0.3) is 5.56 Å². The summed E-state index contributed by atoms with van der Waals surface area (Å²) < 4.78 is 77.0. The standard InChI is InChI=1S/C15H10F6N2O4.C2H7NO/c16-14(17,18)7-3-6(4-8(5-7)15(19,20)21)1-2-9-10(12(25)26)22-13(27)23-11(9)24;3-1-2-4/h3-5H,1-2H2,(H,25,26)(H2,22,23,24,27);4H,1-3H2. The van der Waals surface area contributed by atoms with Crippen molar-refractivity contribution in [3.63, 3.8) is 0 Å². The van der Waals surface area contributed by atoms with Crippen LogP contribution in [0.5, 0.6) is 0 Å². The van der Waals surface area contributed by atoms with Crippen LogP contribution in [0.4, 0.5) is 26.3 Å². The molecule has 0 unspecified atom stereocenters. The number of halogens is 6. The zero-order chi connectivity index (χ0) is 24.0. The van der Waals surface area contributed by atoms with Crippen molar-refractivity contribution >= 4 is 5.97 Å². The number of rotatable bonds is 5. The monoisotopic (exact) mass is 457 g/mol. The molecule has 0 aliphatic heterocycles. The molecule has 172 valence electrons. The molecule has 0 amide bonds. The highest BCUT2D eigenvalue weighted by molar-refractivity contribution is 5.86. The van der Waals surface area contributed by atoms with E-state index in [0.717, 1.165) is 0 Å². The minimum atomic E-state index is -5.03. The first-order valence-electron chi connectivity index (χ1n) is 8.38. The van der Waals surface area contributed by atoms with Crippen LogP contribution < -0.4 is 17.0 Å². The fraction of sp³-hybridized carbons (Fsp3) is 0.353. The number of carbonyl (C=O) groups is 1. The molecule has 2 rings (SSSR count). The average molecular weight is 457 g/mol. The van der Waals surface area contributed by atoms with Gasteiger partial charge < -0.3 is 20.9 Å². The lowest BCUT2D eigenvalue weighted by molar-refractivity contribution is -0.143. The van der Waals surface area contributed by atoms with Crippen LogP contribution in [-0.4, -0.2) is 39.3 Å². The van der Waals surface area contributed by atoms with E-state index in [4.69, 9.17) is 15.9 Å². The van der Waals surface area contributed by atoms with Crippen molar-refractivity contribution in [3.05, 3.63) is 67.0 Å². The lowest BCUT2D eigenvalue weighted by atomic mass is 9.99. The normalized spacial score (nSPS) is 11.6. The predicted octanol–water partition coefficient (Wildman–Crippen LogP) is 1.52. The first-order valence-corrected chi connectivity index (χ1v) is 8.38. The number of aromatic carboxylic acids is 1. The maximum atomic E-state index is 12.8. The zero-order valence-electron chi connectivity index (χ0n) is 15.5. The van der Waals surface area contributed by atoms with Crippen molar-refractivity contribution in [1.82, 2.24) is 9.97 Å². The number of nitrogens with one attached hydrogen (secondary N) is 2. The Bertz CT molecular complexity index is 992. The third kappa shape index (κ3) is 7.57. The molecule has 0 saturated heterocycles. The van der Waals surface area contributed by atoms with Crippen LogP contribution in [0.3, 0.4) is 0 Å². The van der Waals surface area contributed by atoms with Crippen molar-refractivity contribution in [2.75, 3.05) is 13.2 Å². The van der Waals surface area contributed by atoms with Crippen LogP contribution >= 0.6 is 0 Å². The van der Waals surface area contributed by atoms with E-state index in [1.165, 1.54) is 0 Å². The van der Waals surface area contributed by atoms with E-state index in [2.05, 4.69) is 0 Å². The number of H-pyrrole nitrogens is 2. The molecule has 0 fully saturated rings. The van der Waals surface area contributed by atoms with Gasteiger partial charge in [-0.25, -0.2) is 9.59 Å². The van der Waals surface area contributed by atoms with E-state index >= 15 is 0 Å². The van der Waals surface area contributed by atoms with E-state index in [1.807, 2.05) is 4.98 Å². The molecule has 0 radical (unpaired) electrons. The van der Waals surface area contributed by atoms with E-state index in [-0.39, 0.29) is 12.7 Å². The van der Waals surface area contributed by atoms with Crippen LogP contribution in [0.1, 0.15) is 32.7 Å². The van der Waals surface area contributed by atoms with Gasteiger partial charge in [-0.3, -0.25) is 9.78 Å². The average Bonchev–Trinajstić information content (AvgIpc) is 2.65. The molecule has 8 nitrogen and oxygen atoms in total. The summed E-state index contributed by atoms with van der Waals surface area (Å²) in [6.45, 7) is 0.472. The number of aromatic amines is 2. The van der Waals surface area contributed by atoms with Gasteiger partial charge in [0.2, 0.25) is 0 Å². The number of aliphatic hydroxyl groups is 1. The van der Waals surface area contributed by atoms with E-state index in [1.54, 1.807) is 4.98 Å². The summed E-state index contributed by atoms with van der Waals surface area (Å²) in [7, 11) is 0. The van der Waals surface area contributed by atoms with Crippen molar-refractivity contribution in [2.24, 2.45) is 5.73 Å². The maximum absolute atomic E-state index is 12.8. The molecular weight excluding hydrogens is 440 g/mol. The fourth-order valence-corrected chi connectivity index (χ4v) is 2.37. The number of carboxylic acid groups (broad SMARTS) is 1. The van der Waals surface area contributed by atoms with Gasteiger partial charge in [-0.15, -0.1) is 0 Å². The Balaban J connectivity index is 0.00000110. The number of aromatic nitrogens is 2. The molecule has 6 N–H and O–H groups in total. The van der Waals surface area contributed by atoms with Crippen LogP contribution in [0.15, 0.2) is 27.8 Å². The summed E-state index contributed by atoms with van der Waals surface area (Å²) in [6, 6.07) is 0.921. The molecule has 0 bridgehead atoms. The molecule has 31 heavy (non-hydrogen) atoms. The van der Waals surface area contributed by atoms with Crippen LogP contribution in [0.2, 0.25) is 0 Å². The fourth-order valence-electron chi connectivity index (χ4n) is 2.37. The molecule has 0 aliphatic carbocycles. The molecular formula is C17H17F6N3O5. The molecule has 0 spiro atoms. The molecule has 0 atom stereocenters. The second kappa shape index (κ2) is 10.3. The first kappa shape index (κ1) is 25.9. The molecule has 1 heterocycles. The number of aliphatic hydroxyl groups excluding tert-OH is 1. The van der Waals surface area contributed by atoms with Crippen molar-refractivity contribution in [3.8, 4) is 0 Å². The Labute approximate surface area is 169 Å². The summed E-state index contributed by atoms with van der Waals surface area (Å²) in [5.41, 5.74) is -2.15. The van der Waals surface area contributed by atoms with E-state index in [9.17, 15) is 40.7 Å². The van der Waals surface area contributed by atoms with Crippen LogP contribution in [0, 0.1) is 0 Å². The maximum Gasteiger partial charge on any atom is 0.416 e. The molecule has 1 aromatic heterocycles. The van der Waals surface area contributed by atoms with E-state index in [0.29, 0.717) is 18.7 Å². The van der Waals surface area contributed by atoms with Crippen LogP contribution in [-0.2, 0) is 25.2 Å². The van der Waals surface area contributed by atoms with Crippen molar-refractivity contribution < 1.29 is 41.4 Å². The Morgan fingerprint density at radius 1 is 0.935 bits per heavy atom. The molecule has 14 heteroatoms. The SMILES string of the molecule is NCCO.O=C(O)c1[nH]c(=O)[nH]c(=O)c1CCc1cc(C(F)(F)F)cc(C(F)(F)F)c1. The summed E-state index contributed by atoms with van der Waals surface area (Å²) in [5.74, 6) is -1.67. The lowest BCUT2D eigenvalue weighted by Crippen LogP contribution is -2.30. The highest BCUT2D eigenvalue weighted by atomic mass is 19.4. The number of alkyl halides is 6. The van der Waals surface area contributed by atoms with Gasteiger partial charge >= 0.3 is 24.0 Å². The lowest BCUT2D eigenvalue weighted by Gasteiger charge is -2.14. The number of hydrogen-bond donors (Lipinski definition) is 5. The van der Waals surface area contributed by atoms with Gasteiger partial charge in [-0.05, 0) is 36.6 Å².